The van der Waals surface area contributed by atoms with E-state index in [1.165, 1.54) is 0 Å². The molecule has 0 radical (unpaired) electrons. The first-order chi connectivity index (χ1) is 9.69. The maximum Gasteiger partial charge on any atom is 0.121 e. The molecule has 3 nitrogen and oxygen atoms in total. The van der Waals surface area contributed by atoms with E-state index in [0.29, 0.717) is 0 Å². The Kier molecular flexibility index (Phi) is 4.88. The van der Waals surface area contributed by atoms with E-state index in [-0.39, 0.29) is 11.8 Å². The predicted octanol–water partition coefficient (Wildman–Crippen LogP) is 4.35. The first-order valence-corrected chi connectivity index (χ1v) is 6.97. The Morgan fingerprint density at radius 3 is 2.60 bits per heavy atom. The third kappa shape index (κ3) is 3.92. The Hall–Kier alpha value is -2.16. The number of hydrogen-bond acceptors (Lipinski definition) is 3. The quantitative estimate of drug-likeness (QED) is 0.820. The molecule has 0 fully saturated rings. The molecule has 0 bridgehead atoms. The highest BCUT2D eigenvalue weighted by Gasteiger charge is 2.06. The van der Waals surface area contributed by atoms with Crippen molar-refractivity contribution in [2.24, 2.45) is 0 Å². The number of benzene rings is 2. The summed E-state index contributed by atoms with van der Waals surface area (Å²) in [4.78, 5) is 0. The van der Waals surface area contributed by atoms with Gasteiger partial charge in [0.25, 0.3) is 0 Å². The second-order valence-electron chi connectivity index (χ2n) is 4.83. The van der Waals surface area contributed by atoms with Gasteiger partial charge < -0.3 is 15.2 Å². The lowest BCUT2D eigenvalue weighted by atomic mass is 10.1. The summed E-state index contributed by atoms with van der Waals surface area (Å²) in [6.07, 6.45) is 1.00. The molecule has 2 N–H and O–H groups in total. The number of anilines is 1. The molecule has 1 atom stereocenters. The summed E-state index contributed by atoms with van der Waals surface area (Å²) in [5.74, 6) is 1.17. The molecule has 2 rings (SSSR count). The van der Waals surface area contributed by atoms with Gasteiger partial charge in [0.1, 0.15) is 11.5 Å². The maximum absolute atomic E-state index is 9.31. The third-order valence-electron chi connectivity index (χ3n) is 3.08. The SMILES string of the molecule is CCCOc1cccc(NC(C)c2ccc(O)cc2)c1. The zero-order chi connectivity index (χ0) is 14.4. The molecule has 0 heterocycles. The van der Waals surface area contributed by atoms with Crippen LogP contribution in [-0.4, -0.2) is 11.7 Å². The zero-order valence-electron chi connectivity index (χ0n) is 12.0. The van der Waals surface area contributed by atoms with Crippen molar-refractivity contribution in [1.29, 1.82) is 0 Å². The monoisotopic (exact) mass is 271 g/mol. The van der Waals surface area contributed by atoms with Gasteiger partial charge in [-0.15, -0.1) is 0 Å². The van der Waals surface area contributed by atoms with Crippen LogP contribution in [0.4, 0.5) is 5.69 Å². The summed E-state index contributed by atoms with van der Waals surface area (Å²) in [6.45, 7) is 4.91. The van der Waals surface area contributed by atoms with E-state index in [1.807, 2.05) is 36.4 Å². The molecular weight excluding hydrogens is 250 g/mol. The highest BCUT2D eigenvalue weighted by molar-refractivity contribution is 5.50. The maximum atomic E-state index is 9.31. The summed E-state index contributed by atoms with van der Waals surface area (Å²) in [6, 6.07) is 15.4. The van der Waals surface area contributed by atoms with Gasteiger partial charge in [0, 0.05) is 17.8 Å². The number of rotatable bonds is 6. The first-order valence-electron chi connectivity index (χ1n) is 6.97. The van der Waals surface area contributed by atoms with Crippen LogP contribution in [0.15, 0.2) is 48.5 Å². The summed E-state index contributed by atoms with van der Waals surface area (Å²) < 4.78 is 5.63. The van der Waals surface area contributed by atoms with Crippen LogP contribution in [0.2, 0.25) is 0 Å². The minimum atomic E-state index is 0.164. The van der Waals surface area contributed by atoms with E-state index in [9.17, 15) is 5.11 Å². The van der Waals surface area contributed by atoms with Gasteiger partial charge in [-0.3, -0.25) is 0 Å². The van der Waals surface area contributed by atoms with Gasteiger partial charge in [-0.1, -0.05) is 25.1 Å². The number of nitrogens with one attached hydrogen (secondary N) is 1. The number of hydrogen-bond donors (Lipinski definition) is 2. The van der Waals surface area contributed by atoms with E-state index in [4.69, 9.17) is 4.74 Å². The van der Waals surface area contributed by atoms with Crippen LogP contribution >= 0.6 is 0 Å². The fourth-order valence-corrected chi connectivity index (χ4v) is 1.99. The third-order valence-corrected chi connectivity index (χ3v) is 3.08. The molecule has 1 unspecified atom stereocenters. The minimum absolute atomic E-state index is 0.164. The van der Waals surface area contributed by atoms with Crippen molar-refractivity contribution in [2.45, 2.75) is 26.3 Å². The predicted molar refractivity (Wildman–Crippen MR) is 82.4 cm³/mol. The van der Waals surface area contributed by atoms with Crippen molar-refractivity contribution >= 4 is 5.69 Å². The summed E-state index contributed by atoms with van der Waals surface area (Å²) in [7, 11) is 0. The Labute approximate surface area is 120 Å². The molecule has 3 heteroatoms. The van der Waals surface area contributed by atoms with Crippen molar-refractivity contribution in [3.8, 4) is 11.5 Å². The highest BCUT2D eigenvalue weighted by Crippen LogP contribution is 2.24. The molecule has 20 heavy (non-hydrogen) atoms. The average molecular weight is 271 g/mol. The lowest BCUT2D eigenvalue weighted by Gasteiger charge is -2.16. The van der Waals surface area contributed by atoms with E-state index >= 15 is 0 Å². The van der Waals surface area contributed by atoms with Crippen molar-refractivity contribution in [3.63, 3.8) is 0 Å². The molecule has 2 aromatic rings. The molecule has 0 aromatic heterocycles. The van der Waals surface area contributed by atoms with E-state index in [0.717, 1.165) is 30.0 Å². The normalized spacial score (nSPS) is 11.9. The molecular formula is C17H21NO2. The van der Waals surface area contributed by atoms with Crippen LogP contribution in [0.1, 0.15) is 31.9 Å². The molecule has 0 spiro atoms. The van der Waals surface area contributed by atoms with Crippen LogP contribution in [-0.2, 0) is 0 Å². The summed E-state index contributed by atoms with van der Waals surface area (Å²) in [5.41, 5.74) is 2.15. The van der Waals surface area contributed by atoms with Crippen LogP contribution in [0.5, 0.6) is 11.5 Å². The topological polar surface area (TPSA) is 41.5 Å². The molecule has 0 aliphatic heterocycles. The van der Waals surface area contributed by atoms with Crippen LogP contribution in [0, 0.1) is 0 Å². The Bertz CT molecular complexity index is 537. The molecule has 0 aliphatic carbocycles. The van der Waals surface area contributed by atoms with Crippen LogP contribution < -0.4 is 10.1 Å². The van der Waals surface area contributed by atoms with Crippen molar-refractivity contribution < 1.29 is 9.84 Å². The van der Waals surface area contributed by atoms with Gasteiger partial charge in [0.05, 0.1) is 6.61 Å². The number of phenolic OH excluding ortho intramolecular Hbond substituents is 1. The molecule has 2 aromatic carbocycles. The fraction of sp³-hybridized carbons (Fsp3) is 0.294. The number of aromatic hydroxyl groups is 1. The van der Waals surface area contributed by atoms with Gasteiger partial charge in [-0.2, -0.15) is 0 Å². The molecule has 0 saturated heterocycles. The largest absolute Gasteiger partial charge is 0.508 e. The van der Waals surface area contributed by atoms with Gasteiger partial charge in [-0.05, 0) is 43.2 Å². The van der Waals surface area contributed by atoms with Crippen LogP contribution in [0.3, 0.4) is 0 Å². The van der Waals surface area contributed by atoms with Gasteiger partial charge in [-0.25, -0.2) is 0 Å². The van der Waals surface area contributed by atoms with Crippen molar-refractivity contribution in [3.05, 3.63) is 54.1 Å². The Balaban J connectivity index is 2.03. The Morgan fingerprint density at radius 1 is 1.15 bits per heavy atom. The molecule has 0 saturated carbocycles. The molecule has 106 valence electrons. The number of phenols is 1. The molecule has 0 amide bonds. The standard InChI is InChI=1S/C17H21NO2/c1-3-11-20-17-6-4-5-15(12-17)18-13(2)14-7-9-16(19)10-8-14/h4-10,12-13,18-19H,3,11H2,1-2H3. The lowest BCUT2D eigenvalue weighted by molar-refractivity contribution is 0.317. The zero-order valence-corrected chi connectivity index (χ0v) is 12.0. The van der Waals surface area contributed by atoms with E-state index in [2.05, 4.69) is 19.2 Å². The van der Waals surface area contributed by atoms with Crippen molar-refractivity contribution in [2.75, 3.05) is 11.9 Å². The average Bonchev–Trinajstić information content (AvgIpc) is 2.46. The van der Waals surface area contributed by atoms with Gasteiger partial charge >= 0.3 is 0 Å². The van der Waals surface area contributed by atoms with E-state index < -0.39 is 0 Å². The van der Waals surface area contributed by atoms with Crippen LogP contribution in [0.25, 0.3) is 0 Å². The first kappa shape index (κ1) is 14.3. The summed E-state index contributed by atoms with van der Waals surface area (Å²) >= 11 is 0. The van der Waals surface area contributed by atoms with Crippen molar-refractivity contribution in [1.82, 2.24) is 0 Å². The summed E-state index contributed by atoms with van der Waals surface area (Å²) in [5, 5.41) is 12.7. The molecule has 0 aliphatic rings. The van der Waals surface area contributed by atoms with Gasteiger partial charge in [0.2, 0.25) is 0 Å². The van der Waals surface area contributed by atoms with E-state index in [1.54, 1.807) is 12.1 Å². The smallest absolute Gasteiger partial charge is 0.121 e. The highest BCUT2D eigenvalue weighted by atomic mass is 16.5. The second kappa shape index (κ2) is 6.85. The Morgan fingerprint density at radius 2 is 1.90 bits per heavy atom. The van der Waals surface area contributed by atoms with Gasteiger partial charge in [0.15, 0.2) is 0 Å². The fourth-order valence-electron chi connectivity index (χ4n) is 1.99. The number of ether oxygens (including phenoxy) is 1. The second-order valence-corrected chi connectivity index (χ2v) is 4.83. The lowest BCUT2D eigenvalue weighted by Crippen LogP contribution is -2.06. The minimum Gasteiger partial charge on any atom is -0.508 e.